The van der Waals surface area contributed by atoms with Crippen LogP contribution < -0.4 is 9.62 Å². The van der Waals surface area contributed by atoms with Crippen molar-refractivity contribution in [1.82, 2.24) is 10.2 Å². The van der Waals surface area contributed by atoms with Crippen molar-refractivity contribution in [2.45, 2.75) is 59.2 Å². The van der Waals surface area contributed by atoms with Crippen LogP contribution in [0.1, 0.15) is 44.7 Å². The predicted molar refractivity (Wildman–Crippen MR) is 147 cm³/mol. The van der Waals surface area contributed by atoms with Crippen molar-refractivity contribution in [1.29, 1.82) is 0 Å². The van der Waals surface area contributed by atoms with Gasteiger partial charge in [0.05, 0.1) is 11.9 Å². The van der Waals surface area contributed by atoms with Gasteiger partial charge in [-0.2, -0.15) is 0 Å². The van der Waals surface area contributed by atoms with Gasteiger partial charge in [0.2, 0.25) is 21.8 Å². The third-order valence-corrected chi connectivity index (χ3v) is 8.00. The van der Waals surface area contributed by atoms with E-state index in [9.17, 15) is 18.0 Å². The first kappa shape index (κ1) is 30.2. The molecule has 0 aliphatic heterocycles. The summed E-state index contributed by atoms with van der Waals surface area (Å²) in [6, 6.07) is 8.70. The number of sulfonamides is 1. The Balaban J connectivity index is 2.50. The maximum atomic E-state index is 13.7. The highest BCUT2D eigenvalue weighted by Gasteiger charge is 2.32. The number of nitrogens with one attached hydrogen (secondary N) is 1. The van der Waals surface area contributed by atoms with Gasteiger partial charge in [0.1, 0.15) is 12.6 Å². The zero-order chi connectivity index (χ0) is 27.2. The fraction of sp³-hybridized carbons (Fsp3) is 0.440. The van der Waals surface area contributed by atoms with Gasteiger partial charge in [-0.25, -0.2) is 8.42 Å². The van der Waals surface area contributed by atoms with E-state index in [1.807, 2.05) is 13.8 Å². The third kappa shape index (κ3) is 8.00. The average molecular weight is 577 g/mol. The zero-order valence-corrected chi connectivity index (χ0v) is 24.1. The molecule has 0 aliphatic rings. The maximum Gasteiger partial charge on any atom is 0.244 e. The molecule has 2 rings (SSSR count). The lowest BCUT2D eigenvalue weighted by Gasteiger charge is -2.33. The fourth-order valence-electron chi connectivity index (χ4n) is 3.54. The largest absolute Gasteiger partial charge is 0.352 e. The Morgan fingerprint density at radius 3 is 2.19 bits per heavy atom. The van der Waals surface area contributed by atoms with Gasteiger partial charge >= 0.3 is 0 Å². The van der Waals surface area contributed by atoms with Gasteiger partial charge in [-0.15, -0.1) is 0 Å². The number of carbonyl (C=O) groups excluding carboxylic acids is 2. The van der Waals surface area contributed by atoms with E-state index in [-0.39, 0.29) is 24.2 Å². The summed E-state index contributed by atoms with van der Waals surface area (Å²) in [4.78, 5) is 28.2. The van der Waals surface area contributed by atoms with Gasteiger partial charge in [0.25, 0.3) is 0 Å². The van der Waals surface area contributed by atoms with E-state index in [2.05, 4.69) is 5.32 Å². The van der Waals surface area contributed by atoms with Crippen LogP contribution in [0.5, 0.6) is 0 Å². The number of hydrogen-bond acceptors (Lipinski definition) is 4. The lowest BCUT2D eigenvalue weighted by atomic mass is 10.1. The highest BCUT2D eigenvalue weighted by molar-refractivity contribution is 7.92. The van der Waals surface area contributed by atoms with Crippen molar-refractivity contribution in [2.24, 2.45) is 0 Å². The highest BCUT2D eigenvalue weighted by Crippen LogP contribution is 2.27. The SMILES string of the molecule is CC[C@@H](C)NC(=O)[C@@H](CC)N(Cc1ccc(Cl)cc1Cl)C(=O)CN(c1ccc(C)c(Cl)c1)S(C)(=O)=O. The molecule has 0 aromatic heterocycles. The van der Waals surface area contributed by atoms with Gasteiger partial charge in [-0.3, -0.25) is 13.9 Å². The first-order valence-corrected chi connectivity index (χ1v) is 14.5. The van der Waals surface area contributed by atoms with Crippen LogP contribution in [-0.2, 0) is 26.2 Å². The van der Waals surface area contributed by atoms with Crippen LogP contribution in [0.4, 0.5) is 5.69 Å². The number of amides is 2. The molecule has 36 heavy (non-hydrogen) atoms. The Labute approximate surface area is 228 Å². The summed E-state index contributed by atoms with van der Waals surface area (Å²) in [5, 5.41) is 4.06. The Bertz CT molecular complexity index is 1210. The minimum Gasteiger partial charge on any atom is -0.352 e. The molecule has 2 aromatic rings. The average Bonchev–Trinajstić information content (AvgIpc) is 2.79. The molecule has 7 nitrogen and oxygen atoms in total. The number of anilines is 1. The Hall–Kier alpha value is -2.00. The van der Waals surface area contributed by atoms with E-state index >= 15 is 0 Å². The number of nitrogens with zero attached hydrogens (tertiary/aromatic N) is 2. The Morgan fingerprint density at radius 2 is 1.67 bits per heavy atom. The predicted octanol–water partition coefficient (Wildman–Crippen LogP) is 5.44. The molecule has 2 aromatic carbocycles. The summed E-state index contributed by atoms with van der Waals surface area (Å²) in [7, 11) is -3.86. The molecule has 0 heterocycles. The first-order valence-electron chi connectivity index (χ1n) is 11.6. The molecular formula is C25H32Cl3N3O4S. The van der Waals surface area contributed by atoms with Crippen molar-refractivity contribution >= 4 is 62.3 Å². The summed E-state index contributed by atoms with van der Waals surface area (Å²) in [6.07, 6.45) is 2.05. The lowest BCUT2D eigenvalue weighted by Crippen LogP contribution is -2.53. The van der Waals surface area contributed by atoms with Gasteiger partial charge in [-0.05, 0) is 62.1 Å². The summed E-state index contributed by atoms with van der Waals surface area (Å²) in [5.74, 6) is -0.885. The molecule has 0 aliphatic carbocycles. The van der Waals surface area contributed by atoms with E-state index in [0.717, 1.165) is 22.5 Å². The molecule has 11 heteroatoms. The number of halogens is 3. The van der Waals surface area contributed by atoms with Crippen LogP contribution in [0.3, 0.4) is 0 Å². The van der Waals surface area contributed by atoms with Crippen LogP contribution in [0, 0.1) is 6.92 Å². The second kappa shape index (κ2) is 13.0. The van der Waals surface area contributed by atoms with Gasteiger partial charge < -0.3 is 10.2 Å². The van der Waals surface area contributed by atoms with E-state index < -0.39 is 28.5 Å². The van der Waals surface area contributed by atoms with Gasteiger partial charge in [0.15, 0.2) is 0 Å². The topological polar surface area (TPSA) is 86.8 Å². The molecule has 0 spiro atoms. The number of hydrogen-bond donors (Lipinski definition) is 1. The second-order valence-electron chi connectivity index (χ2n) is 8.70. The molecule has 2 atom stereocenters. The minimum absolute atomic E-state index is 0.00642. The summed E-state index contributed by atoms with van der Waals surface area (Å²) in [5.41, 5.74) is 1.60. The number of carbonyl (C=O) groups is 2. The molecule has 1 N–H and O–H groups in total. The first-order chi connectivity index (χ1) is 16.8. The van der Waals surface area contributed by atoms with Crippen LogP contribution in [0.15, 0.2) is 36.4 Å². The quantitative estimate of drug-likeness (QED) is 0.386. The van der Waals surface area contributed by atoms with Crippen LogP contribution in [0.25, 0.3) is 0 Å². The van der Waals surface area contributed by atoms with Crippen molar-refractivity contribution in [3.63, 3.8) is 0 Å². The van der Waals surface area contributed by atoms with Crippen LogP contribution in [0.2, 0.25) is 15.1 Å². The van der Waals surface area contributed by atoms with E-state index in [1.165, 1.54) is 11.0 Å². The summed E-state index contributed by atoms with van der Waals surface area (Å²) >= 11 is 18.6. The third-order valence-electron chi connectivity index (χ3n) is 5.87. The van der Waals surface area contributed by atoms with Gasteiger partial charge in [-0.1, -0.05) is 60.8 Å². The van der Waals surface area contributed by atoms with E-state index in [0.29, 0.717) is 27.1 Å². The fourth-order valence-corrected chi connectivity index (χ4v) is 5.03. The van der Waals surface area contributed by atoms with Gasteiger partial charge in [0, 0.05) is 27.7 Å². The zero-order valence-electron chi connectivity index (χ0n) is 21.0. The number of rotatable bonds is 11. The van der Waals surface area contributed by atoms with Crippen LogP contribution in [-0.4, -0.2) is 50.0 Å². The molecule has 2 amide bonds. The smallest absolute Gasteiger partial charge is 0.244 e. The molecule has 0 bridgehead atoms. The summed E-state index contributed by atoms with van der Waals surface area (Å²) in [6.45, 7) is 6.88. The monoisotopic (exact) mass is 575 g/mol. The van der Waals surface area contributed by atoms with E-state index in [1.54, 1.807) is 44.2 Å². The Kier molecular flexibility index (Phi) is 10.9. The van der Waals surface area contributed by atoms with Crippen molar-refractivity contribution in [2.75, 3.05) is 17.1 Å². The van der Waals surface area contributed by atoms with Crippen molar-refractivity contribution < 1.29 is 18.0 Å². The normalized spacial score (nSPS) is 13.1. The standard InChI is InChI=1S/C25H32Cl3N3O4S/c1-6-17(4)29-25(33)23(7-2)30(14-18-9-10-19(26)12-22(18)28)24(32)15-31(36(5,34)35)20-11-8-16(3)21(27)13-20/h8-13,17,23H,6-7,14-15H2,1-5H3,(H,29,33)/t17-,23-/m1/s1. The molecular weight excluding hydrogens is 545 g/mol. The molecule has 0 unspecified atom stereocenters. The molecule has 198 valence electrons. The number of aryl methyl sites for hydroxylation is 1. The number of benzene rings is 2. The van der Waals surface area contributed by atoms with Crippen molar-refractivity contribution in [3.8, 4) is 0 Å². The van der Waals surface area contributed by atoms with E-state index in [4.69, 9.17) is 34.8 Å². The highest BCUT2D eigenvalue weighted by atomic mass is 35.5. The molecule has 0 fully saturated rings. The second-order valence-corrected chi connectivity index (χ2v) is 11.9. The lowest BCUT2D eigenvalue weighted by molar-refractivity contribution is -0.140. The van der Waals surface area contributed by atoms with Crippen LogP contribution >= 0.6 is 34.8 Å². The molecule has 0 saturated carbocycles. The molecule has 0 radical (unpaired) electrons. The molecule has 0 saturated heterocycles. The summed E-state index contributed by atoms with van der Waals surface area (Å²) < 4.78 is 26.4. The minimum atomic E-state index is -3.86. The maximum absolute atomic E-state index is 13.7. The van der Waals surface area contributed by atoms with Crippen molar-refractivity contribution in [3.05, 3.63) is 62.6 Å². The Morgan fingerprint density at radius 1 is 1.00 bits per heavy atom.